The van der Waals surface area contributed by atoms with Crippen LogP contribution in [0, 0.1) is 0 Å². The molecule has 6 nitrogen and oxygen atoms in total. The van der Waals surface area contributed by atoms with Gasteiger partial charge in [-0.3, -0.25) is 4.79 Å². The van der Waals surface area contributed by atoms with Crippen LogP contribution in [0.2, 0.25) is 0 Å². The van der Waals surface area contributed by atoms with Crippen molar-refractivity contribution in [2.45, 2.75) is 0 Å². The molecule has 0 atom stereocenters. The van der Waals surface area contributed by atoms with Crippen molar-refractivity contribution < 1.29 is 15.0 Å². The van der Waals surface area contributed by atoms with Gasteiger partial charge in [0.1, 0.15) is 11.5 Å². The van der Waals surface area contributed by atoms with Gasteiger partial charge in [-0.15, -0.1) is 5.10 Å². The Balaban J connectivity index is 2.08. The van der Waals surface area contributed by atoms with Crippen LogP contribution in [0.25, 0.3) is 0 Å². The molecule has 7 heteroatoms. The van der Waals surface area contributed by atoms with E-state index >= 15 is 0 Å². The number of aromatic hydroxyl groups is 2. The fraction of sp³-hybridized carbons (Fsp3) is 0.100. The Bertz CT molecular complexity index is 514. The molecule has 0 spiro atoms. The molecule has 1 aliphatic rings. The zero-order valence-electron chi connectivity index (χ0n) is 8.62. The lowest BCUT2D eigenvalue weighted by Gasteiger charge is -1.97. The smallest absolute Gasteiger partial charge is 0.236 e. The number of hydrogen-bond donors (Lipinski definition) is 3. The Kier molecular flexibility index (Phi) is 3.29. The summed E-state index contributed by atoms with van der Waals surface area (Å²) in [4.78, 5) is 10.8. The van der Waals surface area contributed by atoms with E-state index in [0.29, 0.717) is 16.5 Å². The summed E-state index contributed by atoms with van der Waals surface area (Å²) in [6.07, 6.45) is 1.34. The van der Waals surface area contributed by atoms with Gasteiger partial charge < -0.3 is 15.5 Å². The zero-order valence-corrected chi connectivity index (χ0v) is 9.44. The number of amidine groups is 1. The van der Waals surface area contributed by atoms with Gasteiger partial charge in [-0.05, 0) is 12.1 Å². The van der Waals surface area contributed by atoms with Gasteiger partial charge in [-0.2, -0.15) is 5.10 Å². The zero-order chi connectivity index (χ0) is 12.3. The summed E-state index contributed by atoms with van der Waals surface area (Å²) >= 11 is 1.27. The van der Waals surface area contributed by atoms with Crippen molar-refractivity contribution in [1.82, 2.24) is 5.32 Å². The lowest BCUT2D eigenvalue weighted by molar-refractivity contribution is -0.116. The van der Waals surface area contributed by atoms with E-state index in [1.807, 2.05) is 0 Å². The number of amides is 1. The van der Waals surface area contributed by atoms with E-state index in [9.17, 15) is 9.90 Å². The Morgan fingerprint density at radius 3 is 2.88 bits per heavy atom. The number of carbonyl (C=O) groups is 1. The van der Waals surface area contributed by atoms with Gasteiger partial charge in [-0.1, -0.05) is 11.8 Å². The average Bonchev–Trinajstić information content (AvgIpc) is 2.68. The summed E-state index contributed by atoms with van der Waals surface area (Å²) in [6, 6.07) is 4.15. The number of nitrogens with one attached hydrogen (secondary N) is 1. The highest BCUT2D eigenvalue weighted by atomic mass is 32.2. The van der Waals surface area contributed by atoms with Crippen LogP contribution in [0.3, 0.4) is 0 Å². The van der Waals surface area contributed by atoms with Gasteiger partial charge in [0.05, 0.1) is 12.0 Å². The quantitative estimate of drug-likeness (QED) is 0.531. The second kappa shape index (κ2) is 4.88. The highest BCUT2D eigenvalue weighted by Crippen LogP contribution is 2.20. The molecule has 0 unspecified atom stereocenters. The first-order chi connectivity index (χ1) is 8.15. The molecular formula is C10H9N3O3S. The first kappa shape index (κ1) is 11.5. The molecule has 88 valence electrons. The van der Waals surface area contributed by atoms with Crippen molar-refractivity contribution >= 4 is 29.1 Å². The molecule has 1 amide bonds. The third-order valence-corrected chi connectivity index (χ3v) is 2.81. The minimum Gasteiger partial charge on any atom is -0.508 e. The number of benzene rings is 1. The largest absolute Gasteiger partial charge is 0.508 e. The molecule has 1 aromatic rings. The van der Waals surface area contributed by atoms with Crippen LogP contribution in [-0.4, -0.2) is 33.3 Å². The van der Waals surface area contributed by atoms with Gasteiger partial charge in [0.2, 0.25) is 5.91 Å². The molecule has 0 radical (unpaired) electrons. The topological polar surface area (TPSA) is 94.3 Å². The second-order valence-corrected chi connectivity index (χ2v) is 4.19. The van der Waals surface area contributed by atoms with Crippen LogP contribution in [0.5, 0.6) is 11.5 Å². The van der Waals surface area contributed by atoms with E-state index in [0.717, 1.165) is 0 Å². The monoisotopic (exact) mass is 251 g/mol. The number of rotatable bonds is 2. The van der Waals surface area contributed by atoms with Crippen molar-refractivity contribution in [3.63, 3.8) is 0 Å². The highest BCUT2D eigenvalue weighted by molar-refractivity contribution is 8.15. The minimum atomic E-state index is -0.101. The molecule has 3 N–H and O–H groups in total. The van der Waals surface area contributed by atoms with Crippen LogP contribution in [0.15, 0.2) is 28.4 Å². The van der Waals surface area contributed by atoms with Gasteiger partial charge in [0.25, 0.3) is 0 Å². The summed E-state index contributed by atoms with van der Waals surface area (Å²) in [5, 5.41) is 29.0. The van der Waals surface area contributed by atoms with E-state index < -0.39 is 0 Å². The van der Waals surface area contributed by atoms with Crippen LogP contribution in [-0.2, 0) is 4.79 Å². The molecule has 1 aliphatic heterocycles. The lowest BCUT2D eigenvalue weighted by atomic mass is 10.2. The van der Waals surface area contributed by atoms with Gasteiger partial charge in [0.15, 0.2) is 5.17 Å². The third kappa shape index (κ3) is 2.97. The summed E-state index contributed by atoms with van der Waals surface area (Å²) in [6.45, 7) is 0. The predicted molar refractivity (Wildman–Crippen MR) is 65.4 cm³/mol. The molecule has 0 saturated carbocycles. The van der Waals surface area contributed by atoms with E-state index in [1.54, 1.807) is 0 Å². The van der Waals surface area contributed by atoms with Crippen molar-refractivity contribution in [3.8, 4) is 11.5 Å². The van der Waals surface area contributed by atoms with Crippen molar-refractivity contribution in [3.05, 3.63) is 23.8 Å². The van der Waals surface area contributed by atoms with Crippen LogP contribution in [0.1, 0.15) is 5.56 Å². The number of hydrogen-bond acceptors (Lipinski definition) is 6. The normalized spacial score (nSPS) is 17.9. The fourth-order valence-corrected chi connectivity index (χ4v) is 1.79. The highest BCUT2D eigenvalue weighted by Gasteiger charge is 2.15. The van der Waals surface area contributed by atoms with Crippen molar-refractivity contribution in [2.75, 3.05) is 5.75 Å². The molecule has 1 saturated heterocycles. The Labute approximate surface area is 101 Å². The molecule has 0 bridgehead atoms. The molecule has 1 aromatic carbocycles. The van der Waals surface area contributed by atoms with E-state index in [2.05, 4.69) is 15.5 Å². The molecular weight excluding hydrogens is 242 g/mol. The minimum absolute atomic E-state index is 0.0235. The third-order valence-electron chi connectivity index (χ3n) is 1.95. The number of thioether (sulfide) groups is 1. The van der Waals surface area contributed by atoms with Crippen molar-refractivity contribution in [1.29, 1.82) is 0 Å². The predicted octanol–water partition coefficient (Wildman–Crippen LogP) is 0.651. The number of phenolic OH excluding ortho intramolecular Hbond substituents is 2. The number of carbonyl (C=O) groups excluding carboxylic acids is 1. The maximum Gasteiger partial charge on any atom is 0.236 e. The second-order valence-electron chi connectivity index (χ2n) is 3.23. The first-order valence-corrected chi connectivity index (χ1v) is 5.69. The van der Waals surface area contributed by atoms with Crippen molar-refractivity contribution in [2.24, 2.45) is 10.2 Å². The lowest BCUT2D eigenvalue weighted by Crippen LogP contribution is -2.19. The standard InChI is InChI=1S/C10H9N3O3S/c14-7-2-1-6(8(15)3-7)4-11-13-10-12-9(16)5-17-10/h1-4,14-15H,5H2,(H,12,13,16)/b11-4-. The number of nitrogens with zero attached hydrogens (tertiary/aromatic N) is 2. The maximum atomic E-state index is 10.8. The van der Waals surface area contributed by atoms with Gasteiger partial charge in [0, 0.05) is 11.6 Å². The van der Waals surface area contributed by atoms with Gasteiger partial charge >= 0.3 is 0 Å². The van der Waals surface area contributed by atoms with Gasteiger partial charge in [-0.25, -0.2) is 0 Å². The Morgan fingerprint density at radius 2 is 2.24 bits per heavy atom. The summed E-state index contributed by atoms with van der Waals surface area (Å²) in [7, 11) is 0. The molecule has 17 heavy (non-hydrogen) atoms. The molecule has 1 fully saturated rings. The first-order valence-electron chi connectivity index (χ1n) is 4.71. The Morgan fingerprint density at radius 1 is 1.41 bits per heavy atom. The average molecular weight is 251 g/mol. The van der Waals surface area contributed by atoms with Crippen LogP contribution >= 0.6 is 11.8 Å². The van der Waals surface area contributed by atoms with Crippen LogP contribution < -0.4 is 5.32 Å². The summed E-state index contributed by atoms with van der Waals surface area (Å²) in [5.41, 5.74) is 0.432. The van der Waals surface area contributed by atoms with E-state index in [4.69, 9.17) is 5.11 Å². The molecule has 0 aromatic heterocycles. The Hall–Kier alpha value is -2.02. The summed E-state index contributed by atoms with van der Waals surface area (Å²) < 4.78 is 0. The van der Waals surface area contributed by atoms with E-state index in [-0.39, 0.29) is 17.4 Å². The molecule has 1 heterocycles. The van der Waals surface area contributed by atoms with E-state index in [1.165, 1.54) is 36.2 Å². The maximum absolute atomic E-state index is 10.8. The summed E-state index contributed by atoms with van der Waals surface area (Å²) in [5.74, 6) is 0.136. The number of phenols is 2. The molecule has 2 rings (SSSR count). The fourth-order valence-electron chi connectivity index (χ4n) is 1.16. The SMILES string of the molecule is O=C1CS/C(=N/N=C\c2ccc(O)cc2O)N1. The molecule has 0 aliphatic carbocycles. The van der Waals surface area contributed by atoms with Crippen LogP contribution in [0.4, 0.5) is 0 Å².